The van der Waals surface area contributed by atoms with Crippen LogP contribution in [0.1, 0.15) is 20.3 Å². The number of nitrogens with zero attached hydrogens (tertiary/aromatic N) is 1. The highest BCUT2D eigenvalue weighted by atomic mass is 127. The van der Waals surface area contributed by atoms with Gasteiger partial charge in [0, 0.05) is 6.54 Å². The fraction of sp³-hybridized carbons (Fsp3) is 0.533. The largest absolute Gasteiger partial charge is 0.489 e. The van der Waals surface area contributed by atoms with Crippen molar-refractivity contribution in [3.63, 3.8) is 0 Å². The van der Waals surface area contributed by atoms with Crippen LogP contribution in [-0.2, 0) is 0 Å². The third-order valence-electron chi connectivity index (χ3n) is 2.85. The minimum absolute atomic E-state index is 0. The van der Waals surface area contributed by atoms with Crippen molar-refractivity contribution in [3.05, 3.63) is 28.2 Å². The first-order valence-corrected chi connectivity index (χ1v) is 7.94. The van der Waals surface area contributed by atoms with Gasteiger partial charge in [0.1, 0.15) is 23.5 Å². The molecule has 0 saturated heterocycles. The van der Waals surface area contributed by atoms with Gasteiger partial charge in [-0.3, -0.25) is 4.99 Å². The van der Waals surface area contributed by atoms with E-state index in [4.69, 9.17) is 33.7 Å². The summed E-state index contributed by atoms with van der Waals surface area (Å²) in [5.74, 6) is 1.35. The topological polar surface area (TPSA) is 79.9 Å². The summed E-state index contributed by atoms with van der Waals surface area (Å²) in [6, 6.07) is 5.08. The number of hydrogen-bond donors (Lipinski definition) is 3. The predicted octanol–water partition coefficient (Wildman–Crippen LogP) is 3.30. The first-order valence-electron chi connectivity index (χ1n) is 7.18. The molecule has 0 radical (unpaired) electrons. The van der Waals surface area contributed by atoms with Crippen LogP contribution in [0, 0.1) is 5.92 Å². The van der Waals surface area contributed by atoms with Gasteiger partial charge in [-0.25, -0.2) is 0 Å². The van der Waals surface area contributed by atoms with Gasteiger partial charge in [0.05, 0.1) is 11.6 Å². The van der Waals surface area contributed by atoms with Gasteiger partial charge in [-0.05, 0) is 24.5 Å². The molecule has 0 aromatic heterocycles. The van der Waals surface area contributed by atoms with Gasteiger partial charge in [0.15, 0.2) is 5.96 Å². The first-order chi connectivity index (χ1) is 10.4. The highest BCUT2D eigenvalue weighted by Gasteiger charge is 2.09. The molecule has 0 aliphatic rings. The molecule has 0 aliphatic carbocycles. The van der Waals surface area contributed by atoms with Gasteiger partial charge in [-0.15, -0.1) is 24.0 Å². The Morgan fingerprint density at radius 3 is 2.74 bits per heavy atom. The molecule has 0 bridgehead atoms. The van der Waals surface area contributed by atoms with Crippen molar-refractivity contribution in [1.82, 2.24) is 5.32 Å². The molecule has 1 atom stereocenters. The van der Waals surface area contributed by atoms with E-state index in [1.54, 1.807) is 18.2 Å². The van der Waals surface area contributed by atoms with Crippen molar-refractivity contribution in [2.24, 2.45) is 16.6 Å². The Labute approximate surface area is 164 Å². The average Bonchev–Trinajstić information content (AvgIpc) is 2.46. The van der Waals surface area contributed by atoms with Crippen molar-refractivity contribution in [2.45, 2.75) is 26.4 Å². The van der Waals surface area contributed by atoms with Crippen LogP contribution in [0.15, 0.2) is 23.2 Å². The number of hydrogen-bond acceptors (Lipinski definition) is 3. The van der Waals surface area contributed by atoms with E-state index >= 15 is 0 Å². The van der Waals surface area contributed by atoms with Crippen molar-refractivity contribution >= 4 is 53.1 Å². The maximum absolute atomic E-state index is 9.84. The molecule has 0 spiro atoms. The molecular formula is C15H24Cl2IN3O2. The van der Waals surface area contributed by atoms with E-state index in [-0.39, 0.29) is 37.1 Å². The molecule has 1 unspecified atom stereocenters. The Balaban J connectivity index is 0.00000484. The number of guanidine groups is 1. The lowest BCUT2D eigenvalue weighted by Crippen LogP contribution is -2.34. The van der Waals surface area contributed by atoms with E-state index < -0.39 is 6.10 Å². The van der Waals surface area contributed by atoms with E-state index in [0.29, 0.717) is 27.7 Å². The number of aliphatic hydroxyl groups is 1. The lowest BCUT2D eigenvalue weighted by molar-refractivity contribution is 0.114. The zero-order valence-electron chi connectivity index (χ0n) is 13.3. The molecule has 8 heteroatoms. The summed E-state index contributed by atoms with van der Waals surface area (Å²) in [6.07, 6.45) is 0.232. The van der Waals surface area contributed by atoms with Gasteiger partial charge in [0.25, 0.3) is 0 Å². The van der Waals surface area contributed by atoms with Crippen molar-refractivity contribution in [2.75, 3.05) is 19.7 Å². The summed E-state index contributed by atoms with van der Waals surface area (Å²) in [6.45, 7) is 5.24. The van der Waals surface area contributed by atoms with Crippen molar-refractivity contribution < 1.29 is 9.84 Å². The smallest absolute Gasteiger partial charge is 0.188 e. The van der Waals surface area contributed by atoms with E-state index in [0.717, 1.165) is 13.0 Å². The quantitative estimate of drug-likeness (QED) is 0.306. The standard InChI is InChI=1S/C15H23Cl2N3O2.HI/c1-10(2)6-7-19-15(18)20-8-11(21)9-22-13-5-3-4-12(16)14(13)17;/h3-5,10-11,21H,6-9H2,1-2H3,(H3,18,19,20);1H. The highest BCUT2D eigenvalue weighted by Crippen LogP contribution is 2.31. The highest BCUT2D eigenvalue weighted by molar-refractivity contribution is 14.0. The number of aliphatic hydroxyl groups excluding tert-OH is 1. The van der Waals surface area contributed by atoms with Crippen molar-refractivity contribution in [1.29, 1.82) is 0 Å². The molecule has 1 rings (SSSR count). The molecule has 1 aromatic carbocycles. The normalized spacial score (nSPS) is 12.7. The summed E-state index contributed by atoms with van der Waals surface area (Å²) in [5, 5.41) is 13.6. The van der Waals surface area contributed by atoms with Gasteiger partial charge in [-0.2, -0.15) is 0 Å². The van der Waals surface area contributed by atoms with E-state index in [2.05, 4.69) is 24.2 Å². The second kappa shape index (κ2) is 12.0. The molecule has 0 fully saturated rings. The van der Waals surface area contributed by atoms with Gasteiger partial charge in [-0.1, -0.05) is 43.1 Å². The Bertz CT molecular complexity index is 502. The van der Waals surface area contributed by atoms with E-state index in [9.17, 15) is 5.11 Å². The lowest BCUT2D eigenvalue weighted by atomic mass is 10.1. The number of halogens is 3. The zero-order chi connectivity index (χ0) is 16.5. The maximum Gasteiger partial charge on any atom is 0.188 e. The molecule has 23 heavy (non-hydrogen) atoms. The number of ether oxygens (including phenoxy) is 1. The molecule has 5 nitrogen and oxygen atoms in total. The predicted molar refractivity (Wildman–Crippen MR) is 107 cm³/mol. The molecule has 0 heterocycles. The van der Waals surface area contributed by atoms with Gasteiger partial charge in [0.2, 0.25) is 0 Å². The number of aliphatic imine (C=N–C) groups is 1. The fourth-order valence-corrected chi connectivity index (χ4v) is 1.93. The van der Waals surface area contributed by atoms with E-state index in [1.165, 1.54) is 0 Å². The molecule has 0 aliphatic heterocycles. The summed E-state index contributed by atoms with van der Waals surface area (Å²) in [5.41, 5.74) is 5.71. The van der Waals surface area contributed by atoms with Gasteiger partial charge >= 0.3 is 0 Å². The van der Waals surface area contributed by atoms with Crippen LogP contribution in [0.3, 0.4) is 0 Å². The Morgan fingerprint density at radius 1 is 1.39 bits per heavy atom. The number of benzene rings is 1. The third kappa shape index (κ3) is 9.44. The summed E-state index contributed by atoms with van der Waals surface area (Å²) >= 11 is 11.9. The van der Waals surface area contributed by atoms with Crippen LogP contribution in [-0.4, -0.2) is 36.9 Å². The number of rotatable bonds is 8. The molecule has 4 N–H and O–H groups in total. The van der Waals surface area contributed by atoms with Crippen LogP contribution < -0.4 is 15.8 Å². The van der Waals surface area contributed by atoms with Crippen LogP contribution in [0.25, 0.3) is 0 Å². The minimum Gasteiger partial charge on any atom is -0.489 e. The maximum atomic E-state index is 9.84. The second-order valence-electron chi connectivity index (χ2n) is 5.35. The Hall–Kier alpha value is -0.440. The number of nitrogens with two attached hydrogens (primary N) is 1. The SMILES string of the molecule is CC(C)CCNC(N)=NCC(O)COc1cccc(Cl)c1Cl.I. The second-order valence-corrected chi connectivity index (χ2v) is 6.14. The van der Waals surface area contributed by atoms with Crippen LogP contribution in [0.4, 0.5) is 0 Å². The zero-order valence-corrected chi connectivity index (χ0v) is 17.1. The molecule has 0 saturated carbocycles. The van der Waals surface area contributed by atoms with Crippen LogP contribution in [0.5, 0.6) is 5.75 Å². The summed E-state index contributed by atoms with van der Waals surface area (Å²) in [4.78, 5) is 4.07. The van der Waals surface area contributed by atoms with E-state index in [1.807, 2.05) is 0 Å². The Morgan fingerprint density at radius 2 is 2.09 bits per heavy atom. The summed E-state index contributed by atoms with van der Waals surface area (Å²) < 4.78 is 5.43. The molecular weight excluding hydrogens is 452 g/mol. The monoisotopic (exact) mass is 475 g/mol. The molecule has 0 amide bonds. The van der Waals surface area contributed by atoms with Crippen molar-refractivity contribution in [3.8, 4) is 5.75 Å². The first kappa shape index (κ1) is 22.6. The lowest BCUT2D eigenvalue weighted by Gasteiger charge is -2.13. The van der Waals surface area contributed by atoms with Crippen LogP contribution in [0.2, 0.25) is 10.0 Å². The molecule has 132 valence electrons. The number of nitrogens with one attached hydrogen (secondary N) is 1. The summed E-state index contributed by atoms with van der Waals surface area (Å²) in [7, 11) is 0. The molecule has 1 aromatic rings. The van der Waals surface area contributed by atoms with Gasteiger partial charge < -0.3 is 20.9 Å². The average molecular weight is 476 g/mol. The van der Waals surface area contributed by atoms with Crippen LogP contribution >= 0.6 is 47.2 Å². The third-order valence-corrected chi connectivity index (χ3v) is 3.65. The fourth-order valence-electron chi connectivity index (χ4n) is 1.58. The Kier molecular flexibility index (Phi) is 11.8. The minimum atomic E-state index is -0.777.